The number of rotatable bonds is 4. The molecular weight excluding hydrogens is 292 g/mol. The molecule has 100 valence electrons. The SMILES string of the molecule is CC1CN(CCOc2ccc(Br)cc2)C(C)CN1. The molecule has 1 aromatic rings. The third-order valence-corrected chi connectivity index (χ3v) is 3.88. The van der Waals surface area contributed by atoms with Gasteiger partial charge in [-0.05, 0) is 38.1 Å². The Bertz CT molecular complexity index is 369. The summed E-state index contributed by atoms with van der Waals surface area (Å²) in [5.41, 5.74) is 0. The van der Waals surface area contributed by atoms with Gasteiger partial charge in [0, 0.05) is 36.2 Å². The van der Waals surface area contributed by atoms with Crippen LogP contribution in [-0.4, -0.2) is 43.2 Å². The van der Waals surface area contributed by atoms with Crippen molar-refractivity contribution in [1.29, 1.82) is 0 Å². The first kappa shape index (κ1) is 13.8. The van der Waals surface area contributed by atoms with E-state index in [1.165, 1.54) is 0 Å². The Hall–Kier alpha value is -0.580. The van der Waals surface area contributed by atoms with E-state index in [1.807, 2.05) is 24.3 Å². The van der Waals surface area contributed by atoms with Crippen LogP contribution >= 0.6 is 15.9 Å². The van der Waals surface area contributed by atoms with Gasteiger partial charge in [-0.15, -0.1) is 0 Å². The lowest BCUT2D eigenvalue weighted by Gasteiger charge is -2.37. The maximum absolute atomic E-state index is 5.76. The first-order valence-corrected chi connectivity index (χ1v) is 7.30. The number of halogens is 1. The van der Waals surface area contributed by atoms with E-state index in [2.05, 4.69) is 40.0 Å². The predicted molar refractivity (Wildman–Crippen MR) is 78.1 cm³/mol. The van der Waals surface area contributed by atoms with Gasteiger partial charge in [-0.2, -0.15) is 0 Å². The maximum atomic E-state index is 5.76. The minimum Gasteiger partial charge on any atom is -0.492 e. The van der Waals surface area contributed by atoms with Crippen LogP contribution in [0.15, 0.2) is 28.7 Å². The van der Waals surface area contributed by atoms with Gasteiger partial charge in [-0.1, -0.05) is 15.9 Å². The molecule has 1 aliphatic rings. The lowest BCUT2D eigenvalue weighted by atomic mass is 10.1. The van der Waals surface area contributed by atoms with Crippen LogP contribution in [0.3, 0.4) is 0 Å². The monoisotopic (exact) mass is 312 g/mol. The Kier molecular flexibility index (Phi) is 5.03. The molecule has 4 heteroatoms. The van der Waals surface area contributed by atoms with Crippen LogP contribution < -0.4 is 10.1 Å². The third kappa shape index (κ3) is 3.97. The van der Waals surface area contributed by atoms with Crippen molar-refractivity contribution in [2.24, 2.45) is 0 Å². The molecule has 18 heavy (non-hydrogen) atoms. The zero-order valence-electron chi connectivity index (χ0n) is 11.0. The highest BCUT2D eigenvalue weighted by Gasteiger charge is 2.21. The molecule has 0 aromatic heterocycles. The molecule has 0 saturated carbocycles. The Morgan fingerprint density at radius 2 is 2.06 bits per heavy atom. The zero-order chi connectivity index (χ0) is 13.0. The van der Waals surface area contributed by atoms with Gasteiger partial charge in [0.25, 0.3) is 0 Å². The van der Waals surface area contributed by atoms with Crippen molar-refractivity contribution in [3.05, 3.63) is 28.7 Å². The van der Waals surface area contributed by atoms with E-state index in [9.17, 15) is 0 Å². The summed E-state index contributed by atoms with van der Waals surface area (Å²) >= 11 is 3.42. The summed E-state index contributed by atoms with van der Waals surface area (Å²) in [5, 5.41) is 3.49. The van der Waals surface area contributed by atoms with E-state index >= 15 is 0 Å². The van der Waals surface area contributed by atoms with Crippen molar-refractivity contribution in [1.82, 2.24) is 10.2 Å². The fraction of sp³-hybridized carbons (Fsp3) is 0.571. The number of piperazine rings is 1. The van der Waals surface area contributed by atoms with Crippen molar-refractivity contribution in [2.45, 2.75) is 25.9 Å². The van der Waals surface area contributed by atoms with Gasteiger partial charge in [0.05, 0.1) is 0 Å². The van der Waals surface area contributed by atoms with Crippen LogP contribution in [0.2, 0.25) is 0 Å². The molecule has 3 nitrogen and oxygen atoms in total. The van der Waals surface area contributed by atoms with Gasteiger partial charge >= 0.3 is 0 Å². The Morgan fingerprint density at radius 1 is 1.33 bits per heavy atom. The van der Waals surface area contributed by atoms with Gasteiger partial charge in [0.15, 0.2) is 0 Å². The summed E-state index contributed by atoms with van der Waals surface area (Å²) in [6, 6.07) is 9.17. The van der Waals surface area contributed by atoms with Crippen molar-refractivity contribution in [3.63, 3.8) is 0 Å². The number of nitrogens with one attached hydrogen (secondary N) is 1. The molecule has 0 aliphatic carbocycles. The summed E-state index contributed by atoms with van der Waals surface area (Å²) in [5.74, 6) is 0.939. The van der Waals surface area contributed by atoms with Gasteiger partial charge in [-0.25, -0.2) is 0 Å². The van der Waals surface area contributed by atoms with E-state index < -0.39 is 0 Å². The van der Waals surface area contributed by atoms with Crippen LogP contribution in [0.25, 0.3) is 0 Å². The minimum atomic E-state index is 0.578. The second-order valence-corrected chi connectivity index (χ2v) is 5.87. The highest BCUT2D eigenvalue weighted by Crippen LogP contribution is 2.16. The average molecular weight is 313 g/mol. The third-order valence-electron chi connectivity index (χ3n) is 3.35. The number of nitrogens with zero attached hydrogens (tertiary/aromatic N) is 1. The van der Waals surface area contributed by atoms with Crippen molar-refractivity contribution < 1.29 is 4.74 Å². The smallest absolute Gasteiger partial charge is 0.119 e. The van der Waals surface area contributed by atoms with E-state index in [1.54, 1.807) is 0 Å². The fourth-order valence-electron chi connectivity index (χ4n) is 2.22. The molecule has 2 rings (SSSR count). The topological polar surface area (TPSA) is 24.5 Å². The second kappa shape index (κ2) is 6.55. The first-order chi connectivity index (χ1) is 8.65. The summed E-state index contributed by atoms with van der Waals surface area (Å²) < 4.78 is 6.85. The average Bonchev–Trinajstić information content (AvgIpc) is 2.36. The molecule has 0 bridgehead atoms. The summed E-state index contributed by atoms with van der Waals surface area (Å²) in [7, 11) is 0. The molecule has 0 amide bonds. The lowest BCUT2D eigenvalue weighted by molar-refractivity contribution is 0.123. The van der Waals surface area contributed by atoms with Crippen LogP contribution in [0.1, 0.15) is 13.8 Å². The van der Waals surface area contributed by atoms with Crippen LogP contribution in [0.5, 0.6) is 5.75 Å². The standard InChI is InChI=1S/C14H21BrN2O/c1-11-10-17(12(2)9-16-11)7-8-18-14-5-3-13(15)4-6-14/h3-6,11-12,16H,7-10H2,1-2H3. The van der Waals surface area contributed by atoms with E-state index in [-0.39, 0.29) is 0 Å². The van der Waals surface area contributed by atoms with Crippen LogP contribution in [0.4, 0.5) is 0 Å². The van der Waals surface area contributed by atoms with Crippen LogP contribution in [0, 0.1) is 0 Å². The summed E-state index contributed by atoms with van der Waals surface area (Å²) in [4.78, 5) is 2.49. The molecule has 2 atom stereocenters. The molecule has 1 aliphatic heterocycles. The maximum Gasteiger partial charge on any atom is 0.119 e. The number of hydrogen-bond acceptors (Lipinski definition) is 3. The van der Waals surface area contributed by atoms with Crippen molar-refractivity contribution in [2.75, 3.05) is 26.2 Å². The van der Waals surface area contributed by atoms with Gasteiger partial charge in [0.1, 0.15) is 12.4 Å². The van der Waals surface area contributed by atoms with Gasteiger partial charge in [0.2, 0.25) is 0 Å². The van der Waals surface area contributed by atoms with Gasteiger partial charge < -0.3 is 10.1 Å². The molecule has 1 saturated heterocycles. The first-order valence-electron chi connectivity index (χ1n) is 6.51. The summed E-state index contributed by atoms with van der Waals surface area (Å²) in [6.45, 7) is 8.40. The molecule has 1 aromatic carbocycles. The molecule has 1 N–H and O–H groups in total. The Labute approximate surface area is 118 Å². The van der Waals surface area contributed by atoms with E-state index in [4.69, 9.17) is 4.74 Å². The second-order valence-electron chi connectivity index (χ2n) is 4.96. The molecule has 0 radical (unpaired) electrons. The largest absolute Gasteiger partial charge is 0.492 e. The van der Waals surface area contributed by atoms with E-state index in [0.717, 1.165) is 36.5 Å². The highest BCUT2D eigenvalue weighted by molar-refractivity contribution is 9.10. The number of benzene rings is 1. The quantitative estimate of drug-likeness (QED) is 0.924. The minimum absolute atomic E-state index is 0.578. The van der Waals surface area contributed by atoms with E-state index in [0.29, 0.717) is 12.1 Å². The molecule has 2 unspecified atom stereocenters. The zero-order valence-corrected chi connectivity index (χ0v) is 12.6. The fourth-order valence-corrected chi connectivity index (χ4v) is 2.48. The number of hydrogen-bond donors (Lipinski definition) is 1. The molecule has 1 heterocycles. The Balaban J connectivity index is 1.76. The predicted octanol–water partition coefficient (Wildman–Crippen LogP) is 2.51. The highest BCUT2D eigenvalue weighted by atomic mass is 79.9. The molecule has 1 fully saturated rings. The van der Waals surface area contributed by atoms with Crippen molar-refractivity contribution in [3.8, 4) is 5.75 Å². The summed E-state index contributed by atoms with van der Waals surface area (Å²) in [6.07, 6.45) is 0. The van der Waals surface area contributed by atoms with Crippen LogP contribution in [-0.2, 0) is 0 Å². The van der Waals surface area contributed by atoms with Gasteiger partial charge in [-0.3, -0.25) is 4.90 Å². The Morgan fingerprint density at radius 3 is 2.78 bits per heavy atom. The van der Waals surface area contributed by atoms with Crippen molar-refractivity contribution >= 4 is 15.9 Å². The lowest BCUT2D eigenvalue weighted by Crippen LogP contribution is -2.55. The molecule has 0 spiro atoms. The molecular formula is C14H21BrN2O. The normalized spacial score (nSPS) is 25.1. The number of ether oxygens (including phenoxy) is 1.